The predicted molar refractivity (Wildman–Crippen MR) is 99.0 cm³/mol. The lowest BCUT2D eigenvalue weighted by molar-refractivity contribution is 0.586. The van der Waals surface area contributed by atoms with Crippen LogP contribution in [0, 0.1) is 0 Å². The summed E-state index contributed by atoms with van der Waals surface area (Å²) in [5, 5.41) is 18.7. The van der Waals surface area contributed by atoms with E-state index in [-0.39, 0.29) is 11.4 Å². The van der Waals surface area contributed by atoms with Gasteiger partial charge in [0.25, 0.3) is 0 Å². The molecule has 1 aromatic carbocycles. The number of sulfone groups is 1. The third kappa shape index (κ3) is 3.02. The molecule has 0 amide bonds. The topological polar surface area (TPSA) is 165 Å². The molecule has 0 fully saturated rings. The van der Waals surface area contributed by atoms with Crippen molar-refractivity contribution in [2.24, 2.45) is 5.14 Å². The van der Waals surface area contributed by atoms with Crippen molar-refractivity contribution in [2.75, 3.05) is 17.7 Å². The SMILES string of the molecule is CS(=O)(=O)c1ccc(N2CCc3ncccc32)c(-c2nnn[nH]2)c1S(N)(=O)=O. The normalized spacial score (nSPS) is 14.3. The first-order valence-corrected chi connectivity index (χ1v) is 11.5. The summed E-state index contributed by atoms with van der Waals surface area (Å²) < 4.78 is 49.4. The Kier molecular flexibility index (Phi) is 4.17. The maximum absolute atomic E-state index is 12.4. The van der Waals surface area contributed by atoms with Crippen LogP contribution < -0.4 is 10.0 Å². The van der Waals surface area contributed by atoms with Crippen molar-refractivity contribution >= 4 is 31.2 Å². The Morgan fingerprint density at radius 3 is 2.57 bits per heavy atom. The number of hydrogen-bond acceptors (Lipinski definition) is 9. The van der Waals surface area contributed by atoms with E-state index in [1.807, 2.05) is 11.0 Å². The van der Waals surface area contributed by atoms with Crippen LogP contribution in [0.15, 0.2) is 40.3 Å². The Hall–Kier alpha value is -2.90. The van der Waals surface area contributed by atoms with Crippen LogP contribution >= 0.6 is 0 Å². The third-order valence-electron chi connectivity index (χ3n) is 4.39. The molecule has 11 nitrogen and oxygen atoms in total. The molecule has 1 aliphatic rings. The lowest BCUT2D eigenvalue weighted by Crippen LogP contribution is -2.21. The minimum atomic E-state index is -4.44. The molecule has 0 bridgehead atoms. The Labute approximate surface area is 160 Å². The quantitative estimate of drug-likeness (QED) is 0.590. The Morgan fingerprint density at radius 1 is 1.14 bits per heavy atom. The second kappa shape index (κ2) is 6.32. The van der Waals surface area contributed by atoms with Gasteiger partial charge in [-0.2, -0.15) is 0 Å². The van der Waals surface area contributed by atoms with E-state index in [1.165, 1.54) is 12.1 Å². The second-order valence-electron chi connectivity index (χ2n) is 6.22. The summed E-state index contributed by atoms with van der Waals surface area (Å²) in [6.07, 6.45) is 3.23. The average Bonchev–Trinajstić information content (AvgIpc) is 3.28. The molecule has 3 aromatic rings. The van der Waals surface area contributed by atoms with Gasteiger partial charge in [-0.05, 0) is 34.7 Å². The maximum Gasteiger partial charge on any atom is 0.240 e. The highest BCUT2D eigenvalue weighted by Crippen LogP contribution is 2.43. The lowest BCUT2D eigenvalue weighted by Gasteiger charge is -2.24. The van der Waals surface area contributed by atoms with Crippen molar-refractivity contribution in [3.63, 3.8) is 0 Å². The van der Waals surface area contributed by atoms with Gasteiger partial charge in [-0.1, -0.05) is 0 Å². The Morgan fingerprint density at radius 2 is 1.93 bits per heavy atom. The van der Waals surface area contributed by atoms with Gasteiger partial charge in [0.1, 0.15) is 4.90 Å². The molecular formula is C15H15N7O4S2. The number of benzene rings is 1. The van der Waals surface area contributed by atoms with Crippen LogP contribution in [-0.2, 0) is 26.3 Å². The summed E-state index contributed by atoms with van der Waals surface area (Å²) in [4.78, 5) is 5.19. The molecule has 0 unspecified atom stereocenters. The lowest BCUT2D eigenvalue weighted by atomic mass is 10.1. The number of nitrogens with two attached hydrogens (primary N) is 1. The van der Waals surface area contributed by atoms with Gasteiger partial charge in [0.05, 0.1) is 27.5 Å². The monoisotopic (exact) mass is 421 g/mol. The first-order valence-electron chi connectivity index (χ1n) is 8.03. The highest BCUT2D eigenvalue weighted by Gasteiger charge is 2.33. The van der Waals surface area contributed by atoms with Gasteiger partial charge >= 0.3 is 0 Å². The fraction of sp³-hybridized carbons (Fsp3) is 0.200. The molecular weight excluding hydrogens is 406 g/mol. The number of H-pyrrole nitrogens is 1. The number of anilines is 2. The van der Waals surface area contributed by atoms with Crippen molar-refractivity contribution < 1.29 is 16.8 Å². The molecule has 0 aliphatic carbocycles. The second-order valence-corrected chi connectivity index (χ2v) is 9.71. The van der Waals surface area contributed by atoms with E-state index in [0.717, 1.165) is 17.6 Å². The van der Waals surface area contributed by atoms with Gasteiger partial charge in [-0.25, -0.2) is 27.1 Å². The molecule has 0 saturated carbocycles. The number of nitrogens with zero attached hydrogens (tertiary/aromatic N) is 5. The smallest absolute Gasteiger partial charge is 0.240 e. The number of primary sulfonamides is 1. The number of tetrazole rings is 1. The van der Waals surface area contributed by atoms with Crippen molar-refractivity contribution in [3.8, 4) is 11.4 Å². The minimum Gasteiger partial charge on any atom is -0.339 e. The van der Waals surface area contributed by atoms with E-state index in [1.54, 1.807) is 12.3 Å². The van der Waals surface area contributed by atoms with Crippen molar-refractivity contribution in [1.82, 2.24) is 25.6 Å². The fourth-order valence-corrected chi connectivity index (χ4v) is 5.69. The molecule has 1 aliphatic heterocycles. The number of rotatable bonds is 4. The van der Waals surface area contributed by atoms with Gasteiger partial charge in [0.15, 0.2) is 15.7 Å². The molecule has 0 atom stereocenters. The van der Waals surface area contributed by atoms with Gasteiger partial charge in [0, 0.05) is 25.4 Å². The van der Waals surface area contributed by atoms with Crippen LogP contribution in [0.1, 0.15) is 5.69 Å². The highest BCUT2D eigenvalue weighted by atomic mass is 32.2. The van der Waals surface area contributed by atoms with Gasteiger partial charge in [0.2, 0.25) is 10.0 Å². The van der Waals surface area contributed by atoms with Gasteiger partial charge in [-0.3, -0.25) is 4.98 Å². The van der Waals surface area contributed by atoms with Crippen LogP contribution in [0.4, 0.5) is 11.4 Å². The summed E-state index contributed by atoms with van der Waals surface area (Å²) in [7, 11) is -8.34. The number of pyridine rings is 1. The molecule has 3 heterocycles. The summed E-state index contributed by atoms with van der Waals surface area (Å²) >= 11 is 0. The molecule has 28 heavy (non-hydrogen) atoms. The molecule has 13 heteroatoms. The summed E-state index contributed by atoms with van der Waals surface area (Å²) in [5.41, 5.74) is 2.02. The molecule has 2 aromatic heterocycles. The molecule has 3 N–H and O–H groups in total. The third-order valence-corrected chi connectivity index (χ3v) is 6.65. The Balaban J connectivity index is 2.10. The summed E-state index contributed by atoms with van der Waals surface area (Å²) in [6.45, 7) is 0.517. The van der Waals surface area contributed by atoms with Gasteiger partial charge < -0.3 is 4.90 Å². The first kappa shape index (κ1) is 18.5. The highest BCUT2D eigenvalue weighted by molar-refractivity contribution is 7.93. The molecule has 4 rings (SSSR count). The zero-order valence-electron chi connectivity index (χ0n) is 14.6. The molecule has 0 spiro atoms. The van der Waals surface area contributed by atoms with Crippen LogP contribution in [-0.4, -0.2) is 55.2 Å². The van der Waals surface area contributed by atoms with E-state index >= 15 is 0 Å². The summed E-state index contributed by atoms with van der Waals surface area (Å²) in [6, 6.07) is 6.36. The number of nitrogens with one attached hydrogen (secondary N) is 1. The van der Waals surface area contributed by atoms with E-state index in [2.05, 4.69) is 25.6 Å². The zero-order chi connectivity index (χ0) is 20.1. The van der Waals surface area contributed by atoms with Crippen LogP contribution in [0.3, 0.4) is 0 Å². The average molecular weight is 421 g/mol. The van der Waals surface area contributed by atoms with Crippen LogP contribution in [0.2, 0.25) is 0 Å². The Bertz CT molecular complexity index is 1270. The minimum absolute atomic E-state index is 0.00729. The largest absolute Gasteiger partial charge is 0.339 e. The van der Waals surface area contributed by atoms with Crippen molar-refractivity contribution in [1.29, 1.82) is 0 Å². The van der Waals surface area contributed by atoms with E-state index in [9.17, 15) is 16.8 Å². The van der Waals surface area contributed by atoms with E-state index in [4.69, 9.17) is 5.14 Å². The van der Waals surface area contributed by atoms with Gasteiger partial charge in [-0.15, -0.1) is 5.10 Å². The molecule has 146 valence electrons. The number of fused-ring (bicyclic) bond motifs is 1. The van der Waals surface area contributed by atoms with Crippen molar-refractivity contribution in [2.45, 2.75) is 16.2 Å². The number of hydrogen-bond donors (Lipinski definition) is 2. The maximum atomic E-state index is 12.4. The molecule has 0 radical (unpaired) electrons. The van der Waals surface area contributed by atoms with E-state index in [0.29, 0.717) is 18.7 Å². The first-order chi connectivity index (χ1) is 13.2. The standard InChI is InChI=1S/C15H15N7O4S2/c1-27(23,24)12-5-4-11(22-8-6-9-10(22)3-2-7-17-9)13(14(12)28(16,25)26)15-18-20-21-19-15/h2-5,7H,6,8H2,1H3,(H2,16,25,26)(H,18,19,20,21). The zero-order valence-corrected chi connectivity index (χ0v) is 16.2. The van der Waals surface area contributed by atoms with Crippen LogP contribution in [0.25, 0.3) is 11.4 Å². The van der Waals surface area contributed by atoms with E-state index < -0.39 is 29.7 Å². The van der Waals surface area contributed by atoms with Crippen LogP contribution in [0.5, 0.6) is 0 Å². The number of sulfonamides is 1. The van der Waals surface area contributed by atoms with Crippen molar-refractivity contribution in [3.05, 3.63) is 36.2 Å². The molecule has 0 saturated heterocycles. The predicted octanol–water partition coefficient (Wildman–Crippen LogP) is 0.00680. The summed E-state index contributed by atoms with van der Waals surface area (Å²) in [5.74, 6) is -0.0122. The number of aromatic amines is 1. The number of aromatic nitrogens is 5. The fourth-order valence-electron chi connectivity index (χ4n) is 3.30.